The van der Waals surface area contributed by atoms with Gasteiger partial charge in [-0.1, -0.05) is 30.3 Å². The number of Topliss-reactive ketones (excluding diaryl/α,β-unsaturated/α-hetero) is 2. The SMILES string of the molecule is CC(C)Oc1ccc(C(=O)C(C(=O)c2ccccc2)c2nccn2C)cc1. The van der Waals surface area contributed by atoms with Gasteiger partial charge < -0.3 is 9.30 Å². The highest BCUT2D eigenvalue weighted by Gasteiger charge is 2.33. The normalized spacial score (nSPS) is 12.0. The molecule has 0 amide bonds. The highest BCUT2D eigenvalue weighted by Crippen LogP contribution is 2.25. The second kappa shape index (κ2) is 7.99. The summed E-state index contributed by atoms with van der Waals surface area (Å²) in [6.45, 7) is 3.88. The predicted molar refractivity (Wildman–Crippen MR) is 103 cm³/mol. The van der Waals surface area contributed by atoms with E-state index in [1.165, 1.54) is 0 Å². The molecule has 0 N–H and O–H groups in total. The van der Waals surface area contributed by atoms with Crippen LogP contribution in [0.2, 0.25) is 0 Å². The highest BCUT2D eigenvalue weighted by molar-refractivity contribution is 6.19. The lowest BCUT2D eigenvalue weighted by Crippen LogP contribution is -2.25. The van der Waals surface area contributed by atoms with Gasteiger partial charge in [-0.15, -0.1) is 0 Å². The summed E-state index contributed by atoms with van der Waals surface area (Å²) in [6, 6.07) is 15.7. The average Bonchev–Trinajstić information content (AvgIpc) is 3.08. The van der Waals surface area contributed by atoms with Crippen LogP contribution >= 0.6 is 0 Å². The molecular weight excluding hydrogens is 340 g/mol. The number of aromatic nitrogens is 2. The lowest BCUT2D eigenvalue weighted by Gasteiger charge is -2.16. The minimum absolute atomic E-state index is 0.0477. The number of carbonyl (C=O) groups is 2. The van der Waals surface area contributed by atoms with Gasteiger partial charge >= 0.3 is 0 Å². The molecule has 5 nitrogen and oxygen atoms in total. The van der Waals surface area contributed by atoms with Crippen molar-refractivity contribution in [2.24, 2.45) is 7.05 Å². The summed E-state index contributed by atoms with van der Waals surface area (Å²) in [5.74, 6) is -0.434. The van der Waals surface area contributed by atoms with Crippen LogP contribution in [0, 0.1) is 0 Å². The Morgan fingerprint density at radius 3 is 2.04 bits per heavy atom. The molecule has 0 saturated heterocycles. The van der Waals surface area contributed by atoms with Crippen LogP contribution < -0.4 is 4.74 Å². The molecule has 1 heterocycles. The molecule has 0 bridgehead atoms. The summed E-state index contributed by atoms with van der Waals surface area (Å²) in [4.78, 5) is 30.6. The molecule has 0 aliphatic carbocycles. The summed E-state index contributed by atoms with van der Waals surface area (Å²) in [6.07, 6.45) is 3.37. The predicted octanol–water partition coefficient (Wildman–Crippen LogP) is 4.06. The third-order valence-corrected chi connectivity index (χ3v) is 4.21. The van der Waals surface area contributed by atoms with Crippen molar-refractivity contribution in [1.29, 1.82) is 0 Å². The van der Waals surface area contributed by atoms with Crippen molar-refractivity contribution < 1.29 is 14.3 Å². The summed E-state index contributed by atoms with van der Waals surface area (Å²) in [5, 5.41) is 0. The second-order valence-corrected chi connectivity index (χ2v) is 6.61. The fourth-order valence-electron chi connectivity index (χ4n) is 2.91. The van der Waals surface area contributed by atoms with Crippen molar-refractivity contribution in [2.75, 3.05) is 0 Å². The molecule has 0 fully saturated rings. The van der Waals surface area contributed by atoms with E-state index in [4.69, 9.17) is 4.74 Å². The monoisotopic (exact) mass is 362 g/mol. The number of hydrogen-bond donors (Lipinski definition) is 0. The lowest BCUT2D eigenvalue weighted by atomic mass is 9.89. The molecule has 2 aromatic carbocycles. The number of nitrogens with zero attached hydrogens (tertiary/aromatic N) is 2. The van der Waals surface area contributed by atoms with Gasteiger partial charge in [0.05, 0.1) is 6.10 Å². The first-order chi connectivity index (χ1) is 13.0. The Balaban J connectivity index is 1.97. The van der Waals surface area contributed by atoms with Gasteiger partial charge in [0.25, 0.3) is 0 Å². The summed E-state index contributed by atoms with van der Waals surface area (Å²) in [5.41, 5.74) is 0.932. The molecule has 3 aromatic rings. The van der Waals surface area contributed by atoms with E-state index in [9.17, 15) is 9.59 Å². The zero-order valence-electron chi connectivity index (χ0n) is 15.6. The van der Waals surface area contributed by atoms with Gasteiger partial charge in [0.15, 0.2) is 11.6 Å². The number of imidazole rings is 1. The standard InChI is InChI=1S/C22H22N2O3/c1-15(2)27-18-11-9-17(10-12-18)21(26)19(22-23-13-14-24(22)3)20(25)16-7-5-4-6-8-16/h4-15,19H,1-3H3. The Kier molecular flexibility index (Phi) is 5.50. The van der Waals surface area contributed by atoms with Gasteiger partial charge in [-0.05, 0) is 38.1 Å². The number of ketones is 2. The quantitative estimate of drug-likeness (QED) is 0.470. The van der Waals surface area contributed by atoms with E-state index >= 15 is 0 Å². The number of rotatable bonds is 7. The Labute approximate surface area is 158 Å². The summed E-state index contributed by atoms with van der Waals surface area (Å²) >= 11 is 0. The molecule has 1 unspecified atom stereocenters. The number of benzene rings is 2. The number of hydrogen-bond acceptors (Lipinski definition) is 4. The number of ether oxygens (including phenoxy) is 1. The van der Waals surface area contributed by atoms with Crippen molar-refractivity contribution in [3.63, 3.8) is 0 Å². The first-order valence-electron chi connectivity index (χ1n) is 8.85. The number of carbonyl (C=O) groups excluding carboxylic acids is 2. The van der Waals surface area contributed by atoms with Crippen LogP contribution in [0.1, 0.15) is 46.3 Å². The maximum atomic E-state index is 13.2. The molecule has 1 aromatic heterocycles. The molecule has 0 spiro atoms. The molecule has 138 valence electrons. The van der Waals surface area contributed by atoms with Crippen LogP contribution in [-0.2, 0) is 7.05 Å². The molecule has 27 heavy (non-hydrogen) atoms. The minimum atomic E-state index is -0.996. The fraction of sp³-hybridized carbons (Fsp3) is 0.227. The molecule has 1 atom stereocenters. The van der Waals surface area contributed by atoms with Crippen molar-refractivity contribution in [3.8, 4) is 5.75 Å². The maximum absolute atomic E-state index is 13.2. The fourth-order valence-corrected chi connectivity index (χ4v) is 2.91. The number of aryl methyl sites for hydroxylation is 1. The third kappa shape index (κ3) is 4.14. The van der Waals surface area contributed by atoms with Gasteiger partial charge in [0.2, 0.25) is 0 Å². The zero-order valence-corrected chi connectivity index (χ0v) is 15.6. The Bertz CT molecular complexity index is 928. The highest BCUT2D eigenvalue weighted by atomic mass is 16.5. The molecule has 0 aliphatic heterocycles. The first kappa shape index (κ1) is 18.6. The molecule has 0 saturated carbocycles. The van der Waals surface area contributed by atoms with Gasteiger partial charge in [-0.25, -0.2) is 4.98 Å². The van der Waals surface area contributed by atoms with E-state index < -0.39 is 5.92 Å². The topological polar surface area (TPSA) is 61.2 Å². The van der Waals surface area contributed by atoms with Crippen LogP contribution in [-0.4, -0.2) is 27.2 Å². The van der Waals surface area contributed by atoms with Crippen molar-refractivity contribution in [1.82, 2.24) is 9.55 Å². The van der Waals surface area contributed by atoms with Gasteiger partial charge in [0, 0.05) is 30.6 Å². The molecular formula is C22H22N2O3. The van der Waals surface area contributed by atoms with Gasteiger partial charge in [-0.2, -0.15) is 0 Å². The molecule has 0 aliphatic rings. The Hall–Kier alpha value is -3.21. The van der Waals surface area contributed by atoms with E-state index in [2.05, 4.69) is 4.98 Å². The molecule has 3 rings (SSSR count). The van der Waals surface area contributed by atoms with Crippen LogP contribution in [0.3, 0.4) is 0 Å². The van der Waals surface area contributed by atoms with Crippen LogP contribution in [0.25, 0.3) is 0 Å². The van der Waals surface area contributed by atoms with Crippen LogP contribution in [0.15, 0.2) is 67.0 Å². The first-order valence-corrected chi connectivity index (χ1v) is 8.85. The molecule has 5 heteroatoms. The van der Waals surface area contributed by atoms with Crippen molar-refractivity contribution in [2.45, 2.75) is 25.9 Å². The van der Waals surface area contributed by atoms with Gasteiger partial charge in [-0.3, -0.25) is 9.59 Å². The minimum Gasteiger partial charge on any atom is -0.491 e. The second-order valence-electron chi connectivity index (χ2n) is 6.61. The van der Waals surface area contributed by atoms with E-state index in [1.54, 1.807) is 72.5 Å². The van der Waals surface area contributed by atoms with E-state index in [0.29, 0.717) is 22.7 Å². The summed E-state index contributed by atoms with van der Waals surface area (Å²) < 4.78 is 7.33. The van der Waals surface area contributed by atoms with Crippen molar-refractivity contribution in [3.05, 3.63) is 83.9 Å². The van der Waals surface area contributed by atoms with E-state index in [0.717, 1.165) is 0 Å². The maximum Gasteiger partial charge on any atom is 0.181 e. The lowest BCUT2D eigenvalue weighted by molar-refractivity contribution is 0.0854. The van der Waals surface area contributed by atoms with E-state index in [-0.39, 0.29) is 17.7 Å². The van der Waals surface area contributed by atoms with Crippen LogP contribution in [0.4, 0.5) is 0 Å². The van der Waals surface area contributed by atoms with E-state index in [1.807, 2.05) is 19.9 Å². The molecule has 0 radical (unpaired) electrons. The van der Waals surface area contributed by atoms with Crippen molar-refractivity contribution >= 4 is 11.6 Å². The smallest absolute Gasteiger partial charge is 0.181 e. The summed E-state index contributed by atoms with van der Waals surface area (Å²) in [7, 11) is 1.78. The largest absolute Gasteiger partial charge is 0.491 e. The Morgan fingerprint density at radius 1 is 0.926 bits per heavy atom. The average molecular weight is 362 g/mol. The van der Waals surface area contributed by atoms with Gasteiger partial charge in [0.1, 0.15) is 17.5 Å². The third-order valence-electron chi connectivity index (χ3n) is 4.21. The van der Waals surface area contributed by atoms with Crippen LogP contribution in [0.5, 0.6) is 5.75 Å². The Morgan fingerprint density at radius 2 is 1.52 bits per heavy atom. The zero-order chi connectivity index (χ0) is 19.4.